The first-order chi connectivity index (χ1) is 30.9. The van der Waals surface area contributed by atoms with Crippen molar-refractivity contribution >= 4 is 55.8 Å². The standard InChI is InChI=1S/C40H28FN2S.C18H24NSi.Ir/c1-40(2,27-14-7-4-8-15-27)28-20-22-30-31-16-11-17-32(38(31)44-37(30)24-28)39-42-35-18-9-10-19-36(35)43(39)29-21-23-34(41)33(25-29)26-12-5-3-6-13-26;1-14(2)11-16-12-17(15-9-7-6-8-10-15)19-13-18(16)20(3,4)5;/h3-16,18-25H,1-2H3;6-9,12-14H,11H2,1-5H3;/q2*-1;. The Bertz CT molecular complexity index is 3240. The van der Waals surface area contributed by atoms with Gasteiger partial charge >= 0.3 is 0 Å². The van der Waals surface area contributed by atoms with Gasteiger partial charge in [-0.15, -0.1) is 54.1 Å². The van der Waals surface area contributed by atoms with Crippen molar-refractivity contribution < 1.29 is 24.5 Å². The molecule has 0 bridgehead atoms. The van der Waals surface area contributed by atoms with Crippen LogP contribution < -0.4 is 5.19 Å². The van der Waals surface area contributed by atoms with Gasteiger partial charge in [0.2, 0.25) is 0 Å². The minimum atomic E-state index is -1.34. The fraction of sp³-hybridized carbons (Fsp3) is 0.172. The monoisotopic (exact) mass is 1060 g/mol. The molecule has 0 fully saturated rings. The number of fused-ring (bicyclic) bond motifs is 4. The molecule has 7 aromatic carbocycles. The second-order valence-corrected chi connectivity index (χ2v) is 24.6. The first-order valence-electron chi connectivity index (χ1n) is 22.1. The molecule has 10 aromatic rings. The first kappa shape index (κ1) is 45.7. The Kier molecular flexibility index (Phi) is 13.3. The maximum atomic E-state index is 15.2. The van der Waals surface area contributed by atoms with E-state index in [4.69, 9.17) is 4.98 Å². The van der Waals surface area contributed by atoms with Crippen LogP contribution in [-0.2, 0) is 31.9 Å². The van der Waals surface area contributed by atoms with Gasteiger partial charge in [0, 0.05) is 47.7 Å². The number of thiophene rings is 1. The first-order valence-corrected chi connectivity index (χ1v) is 26.4. The Balaban J connectivity index is 0.000000232. The van der Waals surface area contributed by atoms with Gasteiger partial charge in [-0.2, -0.15) is 11.3 Å². The van der Waals surface area contributed by atoms with Crippen LogP contribution in [0.2, 0.25) is 19.6 Å². The van der Waals surface area contributed by atoms with E-state index in [2.05, 4.69) is 148 Å². The van der Waals surface area contributed by atoms with Crippen molar-refractivity contribution in [1.82, 2.24) is 14.5 Å². The van der Waals surface area contributed by atoms with Crippen LogP contribution in [0.25, 0.3) is 70.7 Å². The zero-order chi connectivity index (χ0) is 44.6. The summed E-state index contributed by atoms with van der Waals surface area (Å²) in [5.41, 5.74) is 11.1. The van der Waals surface area contributed by atoms with E-state index < -0.39 is 8.07 Å². The number of aromatic nitrogens is 3. The normalized spacial score (nSPS) is 11.8. The van der Waals surface area contributed by atoms with E-state index in [1.54, 1.807) is 17.4 Å². The van der Waals surface area contributed by atoms with Crippen LogP contribution in [0.3, 0.4) is 0 Å². The number of benzene rings is 7. The molecule has 65 heavy (non-hydrogen) atoms. The van der Waals surface area contributed by atoms with Gasteiger partial charge in [-0.25, -0.2) is 4.39 Å². The van der Waals surface area contributed by atoms with E-state index in [1.807, 2.05) is 84.9 Å². The third kappa shape index (κ3) is 9.34. The molecular formula is C58H52FIrN3SSi-2. The van der Waals surface area contributed by atoms with E-state index in [-0.39, 0.29) is 31.3 Å². The number of hydrogen-bond donors (Lipinski definition) is 0. The molecule has 0 saturated carbocycles. The second kappa shape index (κ2) is 19.0. The molecule has 3 nitrogen and oxygen atoms in total. The number of hydrogen-bond acceptors (Lipinski definition) is 3. The van der Waals surface area contributed by atoms with Gasteiger partial charge in [-0.1, -0.05) is 155 Å². The molecule has 0 aliphatic carbocycles. The molecule has 0 amide bonds. The van der Waals surface area contributed by atoms with Gasteiger partial charge in [0.25, 0.3) is 0 Å². The molecule has 0 unspecified atom stereocenters. The molecule has 0 spiro atoms. The zero-order valence-electron chi connectivity index (χ0n) is 37.9. The molecule has 0 N–H and O–H groups in total. The number of para-hydroxylation sites is 2. The van der Waals surface area contributed by atoms with E-state index in [9.17, 15) is 0 Å². The third-order valence-electron chi connectivity index (χ3n) is 12.1. The van der Waals surface area contributed by atoms with Gasteiger partial charge in [0.1, 0.15) is 5.82 Å². The average Bonchev–Trinajstić information content (AvgIpc) is 3.88. The van der Waals surface area contributed by atoms with Gasteiger partial charge < -0.3 is 9.55 Å². The summed E-state index contributed by atoms with van der Waals surface area (Å²) in [7, 11) is -1.34. The Hall–Kier alpha value is -5.82. The summed E-state index contributed by atoms with van der Waals surface area (Å²) in [6.45, 7) is 16.3. The summed E-state index contributed by atoms with van der Waals surface area (Å²) in [4.78, 5) is 9.83. The second-order valence-electron chi connectivity index (χ2n) is 18.5. The fourth-order valence-corrected chi connectivity index (χ4v) is 11.6. The minimum Gasteiger partial charge on any atom is -0.333 e. The van der Waals surface area contributed by atoms with E-state index in [0.29, 0.717) is 11.5 Å². The molecule has 7 heteroatoms. The Morgan fingerprint density at radius 1 is 0.723 bits per heavy atom. The van der Waals surface area contributed by atoms with Crippen LogP contribution in [0.5, 0.6) is 0 Å². The maximum Gasteiger partial charge on any atom is 0.131 e. The van der Waals surface area contributed by atoms with Crippen molar-refractivity contribution in [2.45, 2.75) is 59.2 Å². The summed E-state index contributed by atoms with van der Waals surface area (Å²) < 4.78 is 19.7. The van der Waals surface area contributed by atoms with E-state index >= 15 is 4.39 Å². The smallest absolute Gasteiger partial charge is 0.131 e. The van der Waals surface area contributed by atoms with Crippen molar-refractivity contribution in [3.05, 3.63) is 205 Å². The molecule has 10 rings (SSSR count). The molecule has 3 aromatic heterocycles. The number of pyridine rings is 1. The molecule has 327 valence electrons. The van der Waals surface area contributed by atoms with Crippen molar-refractivity contribution in [3.63, 3.8) is 0 Å². The van der Waals surface area contributed by atoms with Gasteiger partial charge in [-0.3, -0.25) is 4.98 Å². The van der Waals surface area contributed by atoms with Crippen LogP contribution >= 0.6 is 11.3 Å². The van der Waals surface area contributed by atoms with Crippen molar-refractivity contribution in [2.75, 3.05) is 0 Å². The van der Waals surface area contributed by atoms with Gasteiger partial charge in [0.15, 0.2) is 0 Å². The quantitative estimate of drug-likeness (QED) is 0.107. The topological polar surface area (TPSA) is 30.7 Å². The van der Waals surface area contributed by atoms with Crippen LogP contribution in [0.15, 0.2) is 170 Å². The van der Waals surface area contributed by atoms with Crippen LogP contribution in [-0.4, -0.2) is 22.6 Å². The maximum absolute atomic E-state index is 15.2. The van der Waals surface area contributed by atoms with Crippen LogP contribution in [0, 0.1) is 23.9 Å². The average molecular weight is 1060 g/mol. The molecule has 3 heterocycles. The van der Waals surface area contributed by atoms with E-state index in [1.165, 1.54) is 37.3 Å². The van der Waals surface area contributed by atoms with Crippen LogP contribution in [0.1, 0.15) is 44.4 Å². The van der Waals surface area contributed by atoms with Crippen molar-refractivity contribution in [3.8, 4) is 39.5 Å². The zero-order valence-corrected chi connectivity index (χ0v) is 42.1. The number of rotatable bonds is 9. The van der Waals surface area contributed by atoms with E-state index in [0.717, 1.165) is 56.1 Å². The summed E-state index contributed by atoms with van der Waals surface area (Å²) in [5, 5.41) is 3.90. The predicted octanol–water partition coefficient (Wildman–Crippen LogP) is 15.3. The summed E-state index contributed by atoms with van der Waals surface area (Å²) in [6.07, 6.45) is 3.24. The molecule has 0 aliphatic heterocycles. The predicted molar refractivity (Wildman–Crippen MR) is 272 cm³/mol. The van der Waals surface area contributed by atoms with Crippen molar-refractivity contribution in [1.29, 1.82) is 0 Å². The molecule has 0 aliphatic rings. The van der Waals surface area contributed by atoms with Gasteiger partial charge in [0.05, 0.1) is 24.9 Å². The number of halogens is 1. The van der Waals surface area contributed by atoms with Crippen molar-refractivity contribution in [2.24, 2.45) is 5.92 Å². The summed E-state index contributed by atoms with van der Waals surface area (Å²) >= 11 is 1.78. The van der Waals surface area contributed by atoms with Gasteiger partial charge in [-0.05, 0) is 86.4 Å². The Labute approximate surface area is 401 Å². The Morgan fingerprint density at radius 3 is 2.17 bits per heavy atom. The summed E-state index contributed by atoms with van der Waals surface area (Å²) in [6, 6.07) is 62.0. The Morgan fingerprint density at radius 2 is 1.45 bits per heavy atom. The number of imidazole rings is 1. The summed E-state index contributed by atoms with van der Waals surface area (Å²) in [5.74, 6) is 1.21. The molecule has 1 radical (unpaired) electrons. The SMILES string of the molecule is CC(C)(c1ccccc1)c1ccc2c(c1)sc1c(-c3nc4ccccc4n3-c3ccc(F)c(-c4ccccc4)c3)[c-]ccc12.CC(C)Cc1cc(-c2[c-]cccc2)ncc1[Si](C)(C)C.[Ir]. The molecule has 0 atom stereocenters. The molecular weight excluding hydrogens is 1010 g/mol. The third-order valence-corrected chi connectivity index (χ3v) is 15.4. The largest absolute Gasteiger partial charge is 0.333 e. The fourth-order valence-electron chi connectivity index (χ4n) is 8.75. The minimum absolute atomic E-state index is 0. The van der Waals surface area contributed by atoms with Crippen LogP contribution in [0.4, 0.5) is 4.39 Å². The number of nitrogens with zero attached hydrogens (tertiary/aromatic N) is 3. The molecule has 0 saturated heterocycles.